The maximum absolute atomic E-state index is 12.2. The SMILES string of the molecule is COc1ncccc1CNC(=O)c1cccc(N)c1C. The molecule has 1 heterocycles. The lowest BCUT2D eigenvalue weighted by atomic mass is 10.1. The van der Waals surface area contributed by atoms with Crippen LogP contribution in [0.25, 0.3) is 0 Å². The summed E-state index contributed by atoms with van der Waals surface area (Å²) < 4.78 is 5.14. The van der Waals surface area contributed by atoms with Crippen LogP contribution in [0.5, 0.6) is 5.88 Å². The van der Waals surface area contributed by atoms with Crippen molar-refractivity contribution in [2.75, 3.05) is 12.8 Å². The van der Waals surface area contributed by atoms with Crippen molar-refractivity contribution >= 4 is 11.6 Å². The van der Waals surface area contributed by atoms with Gasteiger partial charge in [-0.2, -0.15) is 0 Å². The molecule has 2 aromatic rings. The molecule has 0 bridgehead atoms. The number of anilines is 1. The predicted octanol–water partition coefficient (Wildman–Crippen LogP) is 1.91. The minimum Gasteiger partial charge on any atom is -0.481 e. The van der Waals surface area contributed by atoms with Crippen molar-refractivity contribution in [3.8, 4) is 5.88 Å². The highest BCUT2D eigenvalue weighted by Gasteiger charge is 2.11. The molecule has 0 aliphatic carbocycles. The van der Waals surface area contributed by atoms with Gasteiger partial charge in [-0.3, -0.25) is 4.79 Å². The van der Waals surface area contributed by atoms with Crippen LogP contribution in [0.15, 0.2) is 36.5 Å². The maximum atomic E-state index is 12.2. The molecule has 0 atom stereocenters. The number of pyridine rings is 1. The standard InChI is InChI=1S/C15H17N3O2/c1-10-12(6-3-7-13(10)16)14(19)18-9-11-5-4-8-17-15(11)20-2/h3-8H,9,16H2,1-2H3,(H,18,19). The van der Waals surface area contributed by atoms with E-state index < -0.39 is 0 Å². The number of amides is 1. The molecular formula is C15H17N3O2. The van der Waals surface area contributed by atoms with E-state index >= 15 is 0 Å². The number of methoxy groups -OCH3 is 1. The molecule has 0 fully saturated rings. The largest absolute Gasteiger partial charge is 0.481 e. The highest BCUT2D eigenvalue weighted by atomic mass is 16.5. The van der Waals surface area contributed by atoms with Crippen LogP contribution in [-0.2, 0) is 6.54 Å². The first-order chi connectivity index (χ1) is 9.63. The first kappa shape index (κ1) is 13.9. The average molecular weight is 271 g/mol. The van der Waals surface area contributed by atoms with Crippen LogP contribution in [0, 0.1) is 6.92 Å². The van der Waals surface area contributed by atoms with Gasteiger partial charge in [-0.15, -0.1) is 0 Å². The van der Waals surface area contributed by atoms with Crippen molar-refractivity contribution in [1.29, 1.82) is 0 Å². The Bertz CT molecular complexity index is 626. The summed E-state index contributed by atoms with van der Waals surface area (Å²) in [6.45, 7) is 2.18. The Kier molecular flexibility index (Phi) is 4.20. The van der Waals surface area contributed by atoms with Gasteiger partial charge >= 0.3 is 0 Å². The number of hydrogen-bond acceptors (Lipinski definition) is 4. The number of hydrogen-bond donors (Lipinski definition) is 2. The van der Waals surface area contributed by atoms with Crippen molar-refractivity contribution in [2.45, 2.75) is 13.5 Å². The number of aromatic nitrogens is 1. The Morgan fingerprint density at radius 2 is 2.15 bits per heavy atom. The highest BCUT2D eigenvalue weighted by Crippen LogP contribution is 2.16. The molecule has 1 aromatic heterocycles. The lowest BCUT2D eigenvalue weighted by Gasteiger charge is -2.10. The van der Waals surface area contributed by atoms with Gasteiger partial charge in [-0.25, -0.2) is 4.98 Å². The van der Waals surface area contributed by atoms with E-state index in [0.29, 0.717) is 23.7 Å². The second-order valence-corrected chi connectivity index (χ2v) is 4.37. The zero-order chi connectivity index (χ0) is 14.5. The minimum atomic E-state index is -0.166. The van der Waals surface area contributed by atoms with Crippen LogP contribution in [0.2, 0.25) is 0 Å². The predicted molar refractivity (Wildman–Crippen MR) is 77.6 cm³/mol. The molecule has 1 aromatic carbocycles. The molecule has 1 amide bonds. The summed E-state index contributed by atoms with van der Waals surface area (Å²) in [6.07, 6.45) is 1.65. The van der Waals surface area contributed by atoms with Gasteiger partial charge in [0, 0.05) is 29.6 Å². The Labute approximate surface area is 117 Å². The average Bonchev–Trinajstić information content (AvgIpc) is 2.48. The maximum Gasteiger partial charge on any atom is 0.251 e. The number of ether oxygens (including phenoxy) is 1. The number of nitrogens with one attached hydrogen (secondary N) is 1. The van der Waals surface area contributed by atoms with Gasteiger partial charge in [0.05, 0.1) is 7.11 Å². The molecule has 0 spiro atoms. The third kappa shape index (κ3) is 2.88. The number of nitrogens with two attached hydrogens (primary N) is 1. The molecule has 0 radical (unpaired) electrons. The number of rotatable bonds is 4. The second-order valence-electron chi connectivity index (χ2n) is 4.37. The van der Waals surface area contributed by atoms with Crippen LogP contribution in [0.3, 0.4) is 0 Å². The van der Waals surface area contributed by atoms with E-state index in [0.717, 1.165) is 11.1 Å². The van der Waals surface area contributed by atoms with Crippen LogP contribution >= 0.6 is 0 Å². The molecule has 0 saturated heterocycles. The first-order valence-corrected chi connectivity index (χ1v) is 6.24. The monoisotopic (exact) mass is 271 g/mol. The minimum absolute atomic E-state index is 0.166. The van der Waals surface area contributed by atoms with Crippen molar-refractivity contribution in [2.24, 2.45) is 0 Å². The zero-order valence-electron chi connectivity index (χ0n) is 11.5. The van der Waals surface area contributed by atoms with Gasteiger partial charge in [0.15, 0.2) is 0 Å². The first-order valence-electron chi connectivity index (χ1n) is 6.24. The fraction of sp³-hybridized carbons (Fsp3) is 0.200. The van der Waals surface area contributed by atoms with E-state index in [4.69, 9.17) is 10.5 Å². The summed E-state index contributed by atoms with van der Waals surface area (Å²) in [5.74, 6) is 0.345. The van der Waals surface area contributed by atoms with Crippen LogP contribution in [0.1, 0.15) is 21.5 Å². The molecule has 20 heavy (non-hydrogen) atoms. The molecule has 0 unspecified atom stereocenters. The molecule has 5 heteroatoms. The molecule has 3 N–H and O–H groups in total. The van der Waals surface area contributed by atoms with E-state index in [1.165, 1.54) is 0 Å². The molecule has 104 valence electrons. The Hall–Kier alpha value is -2.56. The van der Waals surface area contributed by atoms with Gasteiger partial charge in [0.25, 0.3) is 5.91 Å². The fourth-order valence-corrected chi connectivity index (χ4v) is 1.91. The fourth-order valence-electron chi connectivity index (χ4n) is 1.91. The van der Waals surface area contributed by atoms with E-state index in [1.807, 2.05) is 13.0 Å². The summed E-state index contributed by atoms with van der Waals surface area (Å²) in [6, 6.07) is 8.95. The Morgan fingerprint density at radius 3 is 2.90 bits per heavy atom. The van der Waals surface area contributed by atoms with E-state index in [1.54, 1.807) is 37.6 Å². The number of carbonyl (C=O) groups excluding carboxylic acids is 1. The smallest absolute Gasteiger partial charge is 0.251 e. The molecule has 0 saturated carbocycles. The summed E-state index contributed by atoms with van der Waals surface area (Å²) >= 11 is 0. The number of carbonyl (C=O) groups is 1. The quantitative estimate of drug-likeness (QED) is 0.833. The van der Waals surface area contributed by atoms with Gasteiger partial charge < -0.3 is 15.8 Å². The van der Waals surface area contributed by atoms with Crippen molar-refractivity contribution in [1.82, 2.24) is 10.3 Å². The third-order valence-electron chi connectivity index (χ3n) is 3.10. The Morgan fingerprint density at radius 1 is 1.35 bits per heavy atom. The van der Waals surface area contributed by atoms with Gasteiger partial charge in [-0.1, -0.05) is 12.1 Å². The number of benzene rings is 1. The van der Waals surface area contributed by atoms with Crippen LogP contribution < -0.4 is 15.8 Å². The van der Waals surface area contributed by atoms with Crippen LogP contribution in [0.4, 0.5) is 5.69 Å². The lowest BCUT2D eigenvalue weighted by molar-refractivity contribution is 0.0950. The summed E-state index contributed by atoms with van der Waals surface area (Å²) in [4.78, 5) is 16.2. The van der Waals surface area contributed by atoms with E-state index in [-0.39, 0.29) is 5.91 Å². The topological polar surface area (TPSA) is 77.2 Å². The van der Waals surface area contributed by atoms with Crippen molar-refractivity contribution in [3.05, 3.63) is 53.2 Å². The number of nitrogens with zero attached hydrogens (tertiary/aromatic N) is 1. The highest BCUT2D eigenvalue weighted by molar-refractivity contribution is 5.96. The van der Waals surface area contributed by atoms with E-state index in [2.05, 4.69) is 10.3 Å². The van der Waals surface area contributed by atoms with Crippen molar-refractivity contribution in [3.63, 3.8) is 0 Å². The molecule has 2 rings (SSSR count). The van der Waals surface area contributed by atoms with Crippen LogP contribution in [-0.4, -0.2) is 18.0 Å². The lowest BCUT2D eigenvalue weighted by Crippen LogP contribution is -2.24. The van der Waals surface area contributed by atoms with E-state index in [9.17, 15) is 4.79 Å². The van der Waals surface area contributed by atoms with Gasteiger partial charge in [0.1, 0.15) is 0 Å². The summed E-state index contributed by atoms with van der Waals surface area (Å²) in [5, 5.41) is 2.84. The molecule has 5 nitrogen and oxygen atoms in total. The summed E-state index contributed by atoms with van der Waals surface area (Å²) in [5.41, 5.74) is 8.59. The third-order valence-corrected chi connectivity index (χ3v) is 3.10. The Balaban J connectivity index is 2.11. The zero-order valence-corrected chi connectivity index (χ0v) is 11.5. The van der Waals surface area contributed by atoms with Crippen molar-refractivity contribution < 1.29 is 9.53 Å². The normalized spacial score (nSPS) is 10.1. The number of nitrogen functional groups attached to an aromatic ring is 1. The molecule has 0 aliphatic rings. The summed E-state index contributed by atoms with van der Waals surface area (Å²) in [7, 11) is 1.55. The molecular weight excluding hydrogens is 254 g/mol. The van der Waals surface area contributed by atoms with Gasteiger partial charge in [-0.05, 0) is 30.7 Å². The second kappa shape index (κ2) is 6.06. The van der Waals surface area contributed by atoms with Gasteiger partial charge in [0.2, 0.25) is 5.88 Å². The molecule has 0 aliphatic heterocycles.